The zero-order valence-corrected chi connectivity index (χ0v) is 11.6. The Kier molecular flexibility index (Phi) is 4.55. The van der Waals surface area contributed by atoms with Gasteiger partial charge in [0.1, 0.15) is 18.2 Å². The van der Waals surface area contributed by atoms with Crippen LogP contribution in [0.15, 0.2) is 6.07 Å². The maximum absolute atomic E-state index is 5.77. The number of hydrogen-bond acceptors (Lipinski definition) is 6. The van der Waals surface area contributed by atoms with Gasteiger partial charge >= 0.3 is 0 Å². The zero-order chi connectivity index (χ0) is 13.7. The van der Waals surface area contributed by atoms with Crippen LogP contribution in [0.1, 0.15) is 32.5 Å². The van der Waals surface area contributed by atoms with Crippen molar-refractivity contribution in [3.05, 3.63) is 11.9 Å². The second kappa shape index (κ2) is 6.16. The minimum absolute atomic E-state index is 0.111. The number of hydrogen-bond donors (Lipinski definition) is 2. The third-order valence-electron chi connectivity index (χ3n) is 3.17. The van der Waals surface area contributed by atoms with Crippen molar-refractivity contribution in [2.75, 3.05) is 30.8 Å². The Morgan fingerprint density at radius 1 is 1.53 bits per heavy atom. The van der Waals surface area contributed by atoms with Crippen LogP contribution < -0.4 is 11.1 Å². The van der Waals surface area contributed by atoms with E-state index in [0.29, 0.717) is 24.9 Å². The van der Waals surface area contributed by atoms with E-state index >= 15 is 0 Å². The summed E-state index contributed by atoms with van der Waals surface area (Å²) in [4.78, 5) is 8.52. The molecule has 1 unspecified atom stereocenters. The summed E-state index contributed by atoms with van der Waals surface area (Å²) in [6.45, 7) is 6.61. The largest absolute Gasteiger partial charge is 0.384 e. The predicted octanol–water partition coefficient (Wildman–Crippen LogP) is 1.58. The lowest BCUT2D eigenvalue weighted by Crippen LogP contribution is -2.32. The molecule has 1 aromatic heterocycles. The Labute approximate surface area is 113 Å². The maximum Gasteiger partial charge on any atom is 0.158 e. The van der Waals surface area contributed by atoms with Gasteiger partial charge in [-0.2, -0.15) is 0 Å². The summed E-state index contributed by atoms with van der Waals surface area (Å²) < 4.78 is 11.0. The summed E-state index contributed by atoms with van der Waals surface area (Å²) in [7, 11) is 0. The highest BCUT2D eigenvalue weighted by Gasteiger charge is 2.29. The third kappa shape index (κ3) is 4.04. The molecule has 1 aromatic rings. The number of ether oxygens (including phenoxy) is 2. The van der Waals surface area contributed by atoms with Gasteiger partial charge in [-0.25, -0.2) is 9.97 Å². The molecule has 3 N–H and O–H groups in total. The molecule has 2 rings (SSSR count). The van der Waals surface area contributed by atoms with Gasteiger partial charge in [0.15, 0.2) is 5.82 Å². The van der Waals surface area contributed by atoms with Crippen molar-refractivity contribution < 1.29 is 9.47 Å². The molecule has 6 nitrogen and oxygen atoms in total. The molecule has 1 aliphatic heterocycles. The fourth-order valence-electron chi connectivity index (χ4n) is 2.12. The monoisotopic (exact) mass is 266 g/mol. The van der Waals surface area contributed by atoms with Gasteiger partial charge in [0.05, 0.1) is 5.60 Å². The molecule has 0 radical (unpaired) electrons. The molecule has 0 amide bonds. The highest BCUT2D eigenvalue weighted by molar-refractivity contribution is 5.44. The van der Waals surface area contributed by atoms with Crippen molar-refractivity contribution in [2.45, 2.75) is 38.9 Å². The Bertz CT molecular complexity index is 419. The topological polar surface area (TPSA) is 82.3 Å². The van der Waals surface area contributed by atoms with Gasteiger partial charge in [0.2, 0.25) is 0 Å². The summed E-state index contributed by atoms with van der Waals surface area (Å²) in [5.41, 5.74) is 5.66. The molecule has 0 saturated carbocycles. The van der Waals surface area contributed by atoms with E-state index in [1.807, 2.05) is 6.92 Å². The first-order chi connectivity index (χ1) is 9.11. The summed E-state index contributed by atoms with van der Waals surface area (Å²) in [6, 6.07) is 1.73. The molecule has 106 valence electrons. The molecule has 1 aliphatic rings. The number of nitrogens with one attached hydrogen (secondary N) is 1. The van der Waals surface area contributed by atoms with Crippen LogP contribution in [0.2, 0.25) is 0 Å². The van der Waals surface area contributed by atoms with Gasteiger partial charge in [-0.05, 0) is 26.7 Å². The van der Waals surface area contributed by atoms with Crippen molar-refractivity contribution in [3.8, 4) is 0 Å². The van der Waals surface area contributed by atoms with Gasteiger partial charge in [-0.15, -0.1) is 0 Å². The first-order valence-corrected chi connectivity index (χ1v) is 6.70. The van der Waals surface area contributed by atoms with E-state index in [-0.39, 0.29) is 5.60 Å². The second-order valence-electron chi connectivity index (χ2n) is 4.99. The van der Waals surface area contributed by atoms with Crippen LogP contribution in [0.5, 0.6) is 0 Å². The van der Waals surface area contributed by atoms with Crippen LogP contribution in [0.4, 0.5) is 11.6 Å². The molecule has 2 heterocycles. The normalized spacial score (nSPS) is 22.6. The number of nitrogens with zero attached hydrogens (tertiary/aromatic N) is 2. The van der Waals surface area contributed by atoms with Crippen LogP contribution in [-0.2, 0) is 16.1 Å². The van der Waals surface area contributed by atoms with Crippen molar-refractivity contribution in [3.63, 3.8) is 0 Å². The smallest absolute Gasteiger partial charge is 0.158 e. The lowest BCUT2D eigenvalue weighted by Gasteiger charge is -2.23. The minimum Gasteiger partial charge on any atom is -0.384 e. The van der Waals surface area contributed by atoms with E-state index in [9.17, 15) is 0 Å². The van der Waals surface area contributed by atoms with Crippen molar-refractivity contribution in [1.29, 1.82) is 0 Å². The second-order valence-corrected chi connectivity index (χ2v) is 4.99. The molecule has 0 bridgehead atoms. The number of aromatic nitrogens is 2. The standard InChI is InChI=1S/C13H22N4O2/c1-3-18-8-12-16-10(14)7-11(17-12)15-9-13(2)5-4-6-19-13/h7H,3-6,8-9H2,1-2H3,(H3,14,15,16,17). The van der Waals surface area contributed by atoms with E-state index < -0.39 is 0 Å². The predicted molar refractivity (Wildman–Crippen MR) is 73.9 cm³/mol. The van der Waals surface area contributed by atoms with Crippen LogP contribution in [0, 0.1) is 0 Å². The molecule has 1 saturated heterocycles. The molecule has 0 aromatic carbocycles. The average Bonchev–Trinajstić information content (AvgIpc) is 2.81. The van der Waals surface area contributed by atoms with Crippen LogP contribution >= 0.6 is 0 Å². The van der Waals surface area contributed by atoms with Gasteiger partial charge in [-0.1, -0.05) is 0 Å². The first-order valence-electron chi connectivity index (χ1n) is 6.70. The SMILES string of the molecule is CCOCc1nc(N)cc(NCC2(C)CCCO2)n1. The molecule has 0 spiro atoms. The Hall–Kier alpha value is -1.40. The molecule has 1 atom stereocenters. The maximum atomic E-state index is 5.77. The van der Waals surface area contributed by atoms with E-state index in [1.165, 1.54) is 0 Å². The average molecular weight is 266 g/mol. The zero-order valence-electron chi connectivity index (χ0n) is 11.6. The molecular weight excluding hydrogens is 244 g/mol. The molecular formula is C13H22N4O2. The lowest BCUT2D eigenvalue weighted by molar-refractivity contribution is 0.0314. The lowest BCUT2D eigenvalue weighted by atomic mass is 10.0. The summed E-state index contributed by atoms with van der Waals surface area (Å²) in [6.07, 6.45) is 2.17. The Morgan fingerprint density at radius 3 is 3.05 bits per heavy atom. The number of anilines is 2. The Morgan fingerprint density at radius 2 is 2.37 bits per heavy atom. The van der Waals surface area contributed by atoms with E-state index in [4.69, 9.17) is 15.2 Å². The van der Waals surface area contributed by atoms with Gasteiger partial charge in [0.25, 0.3) is 0 Å². The van der Waals surface area contributed by atoms with Crippen molar-refractivity contribution in [2.24, 2.45) is 0 Å². The van der Waals surface area contributed by atoms with E-state index in [0.717, 1.165) is 31.8 Å². The Balaban J connectivity index is 1.97. The molecule has 19 heavy (non-hydrogen) atoms. The number of nitrogen functional groups attached to an aromatic ring is 1. The van der Waals surface area contributed by atoms with Gasteiger partial charge in [-0.3, -0.25) is 0 Å². The summed E-state index contributed by atoms with van der Waals surface area (Å²) in [5.74, 6) is 1.77. The number of rotatable bonds is 6. The summed E-state index contributed by atoms with van der Waals surface area (Å²) >= 11 is 0. The number of nitrogens with two attached hydrogens (primary N) is 1. The van der Waals surface area contributed by atoms with E-state index in [2.05, 4.69) is 22.2 Å². The van der Waals surface area contributed by atoms with Crippen molar-refractivity contribution in [1.82, 2.24) is 9.97 Å². The van der Waals surface area contributed by atoms with Gasteiger partial charge in [0, 0.05) is 25.8 Å². The minimum atomic E-state index is -0.111. The molecule has 1 fully saturated rings. The van der Waals surface area contributed by atoms with Gasteiger partial charge < -0.3 is 20.5 Å². The highest BCUT2D eigenvalue weighted by Crippen LogP contribution is 2.25. The van der Waals surface area contributed by atoms with E-state index in [1.54, 1.807) is 6.07 Å². The fourth-order valence-corrected chi connectivity index (χ4v) is 2.12. The fraction of sp³-hybridized carbons (Fsp3) is 0.692. The van der Waals surface area contributed by atoms with Crippen LogP contribution in [-0.4, -0.2) is 35.3 Å². The molecule has 6 heteroatoms. The first kappa shape index (κ1) is 14.0. The molecule has 0 aliphatic carbocycles. The van der Waals surface area contributed by atoms with Crippen LogP contribution in [0.3, 0.4) is 0 Å². The highest BCUT2D eigenvalue weighted by atomic mass is 16.5. The van der Waals surface area contributed by atoms with Crippen molar-refractivity contribution >= 4 is 11.6 Å². The third-order valence-corrected chi connectivity index (χ3v) is 3.17. The quantitative estimate of drug-likeness (QED) is 0.813. The van der Waals surface area contributed by atoms with Crippen LogP contribution in [0.25, 0.3) is 0 Å². The summed E-state index contributed by atoms with van der Waals surface area (Å²) in [5, 5.41) is 3.27.